The van der Waals surface area contributed by atoms with Crippen LogP contribution in [0.5, 0.6) is 0 Å². The molecule has 0 saturated carbocycles. The van der Waals surface area contributed by atoms with Gasteiger partial charge in [-0.05, 0) is 17.7 Å². The van der Waals surface area contributed by atoms with Gasteiger partial charge in [0.2, 0.25) is 15.9 Å². The van der Waals surface area contributed by atoms with Gasteiger partial charge in [0.05, 0.1) is 11.5 Å². The Balaban J connectivity index is 2.65. The van der Waals surface area contributed by atoms with Crippen molar-refractivity contribution in [2.24, 2.45) is 5.41 Å². The molecule has 0 heterocycles. The SMILES string of the molecule is COCCNS(=O)(=O)c1ccc(CNC(=O)C(C)(C)C)cc1. The average molecular weight is 328 g/mol. The molecule has 1 aromatic rings. The van der Waals surface area contributed by atoms with E-state index >= 15 is 0 Å². The van der Waals surface area contributed by atoms with Gasteiger partial charge in [0.1, 0.15) is 0 Å². The van der Waals surface area contributed by atoms with Gasteiger partial charge in [-0.3, -0.25) is 4.79 Å². The molecule has 2 N–H and O–H groups in total. The van der Waals surface area contributed by atoms with Gasteiger partial charge in [-0.25, -0.2) is 13.1 Å². The van der Waals surface area contributed by atoms with E-state index in [4.69, 9.17) is 4.74 Å². The Kier molecular flexibility index (Phi) is 6.52. The van der Waals surface area contributed by atoms with Crippen molar-refractivity contribution in [3.05, 3.63) is 29.8 Å². The summed E-state index contributed by atoms with van der Waals surface area (Å²) in [5, 5.41) is 2.82. The number of sulfonamides is 1. The number of nitrogens with one attached hydrogen (secondary N) is 2. The Hall–Kier alpha value is -1.44. The molecule has 0 aliphatic rings. The molecule has 1 rings (SSSR count). The van der Waals surface area contributed by atoms with E-state index in [1.54, 1.807) is 12.1 Å². The average Bonchev–Trinajstić information content (AvgIpc) is 2.44. The first-order valence-electron chi connectivity index (χ1n) is 7.02. The van der Waals surface area contributed by atoms with E-state index in [-0.39, 0.29) is 17.3 Å². The number of benzene rings is 1. The van der Waals surface area contributed by atoms with E-state index in [2.05, 4.69) is 10.0 Å². The van der Waals surface area contributed by atoms with Gasteiger partial charge >= 0.3 is 0 Å². The lowest BCUT2D eigenvalue weighted by Gasteiger charge is -2.17. The molecule has 0 radical (unpaired) electrons. The van der Waals surface area contributed by atoms with E-state index < -0.39 is 15.4 Å². The van der Waals surface area contributed by atoms with Gasteiger partial charge in [0.25, 0.3) is 0 Å². The molecule has 7 heteroatoms. The zero-order valence-electron chi connectivity index (χ0n) is 13.5. The van der Waals surface area contributed by atoms with Gasteiger partial charge in [-0.15, -0.1) is 0 Å². The Morgan fingerprint density at radius 1 is 1.18 bits per heavy atom. The Labute approximate surface area is 132 Å². The molecule has 0 aliphatic heterocycles. The van der Waals surface area contributed by atoms with E-state index in [0.717, 1.165) is 5.56 Å². The van der Waals surface area contributed by atoms with Crippen LogP contribution in [0.3, 0.4) is 0 Å². The van der Waals surface area contributed by atoms with Crippen LogP contribution in [-0.2, 0) is 26.1 Å². The first-order valence-corrected chi connectivity index (χ1v) is 8.51. The zero-order valence-corrected chi connectivity index (χ0v) is 14.3. The van der Waals surface area contributed by atoms with Crippen molar-refractivity contribution >= 4 is 15.9 Å². The lowest BCUT2D eigenvalue weighted by atomic mass is 9.95. The molecule has 0 aliphatic carbocycles. The van der Waals surface area contributed by atoms with Gasteiger partial charge in [-0.2, -0.15) is 0 Å². The molecule has 0 bridgehead atoms. The monoisotopic (exact) mass is 328 g/mol. The summed E-state index contributed by atoms with van der Waals surface area (Å²) in [5.41, 5.74) is 0.391. The molecule has 0 unspecified atom stereocenters. The third-order valence-electron chi connectivity index (χ3n) is 2.97. The van der Waals surface area contributed by atoms with E-state index in [1.165, 1.54) is 19.2 Å². The van der Waals surface area contributed by atoms with Crippen molar-refractivity contribution in [2.45, 2.75) is 32.2 Å². The van der Waals surface area contributed by atoms with Crippen molar-refractivity contribution in [2.75, 3.05) is 20.3 Å². The number of hydrogen-bond acceptors (Lipinski definition) is 4. The lowest BCUT2D eigenvalue weighted by Crippen LogP contribution is -2.34. The summed E-state index contributed by atoms with van der Waals surface area (Å²) in [5.74, 6) is -0.0505. The van der Waals surface area contributed by atoms with Crippen molar-refractivity contribution < 1.29 is 17.9 Å². The first kappa shape index (κ1) is 18.6. The summed E-state index contributed by atoms with van der Waals surface area (Å²) in [6.45, 7) is 6.42. The fourth-order valence-electron chi connectivity index (χ4n) is 1.60. The minimum Gasteiger partial charge on any atom is -0.383 e. The van der Waals surface area contributed by atoms with Crippen molar-refractivity contribution in [1.82, 2.24) is 10.0 Å². The highest BCUT2D eigenvalue weighted by molar-refractivity contribution is 7.89. The number of hydrogen-bond donors (Lipinski definition) is 2. The molecular weight excluding hydrogens is 304 g/mol. The highest BCUT2D eigenvalue weighted by atomic mass is 32.2. The number of amides is 1. The van der Waals surface area contributed by atoms with Crippen molar-refractivity contribution in [3.63, 3.8) is 0 Å². The van der Waals surface area contributed by atoms with Crippen LogP contribution >= 0.6 is 0 Å². The van der Waals surface area contributed by atoms with Crippen LogP contribution in [0.4, 0.5) is 0 Å². The predicted molar refractivity (Wildman–Crippen MR) is 84.8 cm³/mol. The van der Waals surface area contributed by atoms with E-state index in [0.29, 0.717) is 13.2 Å². The second kappa shape index (κ2) is 7.71. The first-order chi connectivity index (χ1) is 10.2. The molecule has 6 nitrogen and oxygen atoms in total. The third kappa shape index (κ3) is 5.75. The van der Waals surface area contributed by atoms with Gasteiger partial charge in [-0.1, -0.05) is 32.9 Å². The normalized spacial score (nSPS) is 12.2. The smallest absolute Gasteiger partial charge is 0.240 e. The Bertz CT molecular complexity index is 589. The standard InChI is InChI=1S/C15H24N2O4S/c1-15(2,3)14(18)16-11-12-5-7-13(8-6-12)22(19,20)17-9-10-21-4/h5-8,17H,9-11H2,1-4H3,(H,16,18). The van der Waals surface area contributed by atoms with E-state index in [1.807, 2.05) is 20.8 Å². The summed E-state index contributed by atoms with van der Waals surface area (Å²) in [6.07, 6.45) is 0. The van der Waals surface area contributed by atoms with Gasteiger partial charge in [0, 0.05) is 25.6 Å². The highest BCUT2D eigenvalue weighted by Crippen LogP contribution is 2.14. The van der Waals surface area contributed by atoms with Crippen LogP contribution in [0, 0.1) is 5.41 Å². The Morgan fingerprint density at radius 2 is 1.77 bits per heavy atom. The number of carbonyl (C=O) groups excluding carboxylic acids is 1. The minimum atomic E-state index is -3.52. The summed E-state index contributed by atoms with van der Waals surface area (Å²) in [7, 11) is -2.01. The second-order valence-electron chi connectivity index (χ2n) is 5.97. The number of rotatable bonds is 7. The number of carbonyl (C=O) groups is 1. The predicted octanol–water partition coefficient (Wildman–Crippen LogP) is 1.27. The number of ether oxygens (including phenoxy) is 1. The van der Waals surface area contributed by atoms with E-state index in [9.17, 15) is 13.2 Å². The summed E-state index contributed by atoms with van der Waals surface area (Å²) >= 11 is 0. The van der Waals surface area contributed by atoms with Gasteiger partial charge < -0.3 is 10.1 Å². The molecule has 22 heavy (non-hydrogen) atoms. The fourth-order valence-corrected chi connectivity index (χ4v) is 2.61. The van der Waals surface area contributed by atoms with Crippen molar-refractivity contribution in [3.8, 4) is 0 Å². The fraction of sp³-hybridized carbons (Fsp3) is 0.533. The maximum Gasteiger partial charge on any atom is 0.240 e. The van der Waals surface area contributed by atoms with Crippen LogP contribution in [0.15, 0.2) is 29.2 Å². The summed E-state index contributed by atoms with van der Waals surface area (Å²) in [6, 6.07) is 6.42. The highest BCUT2D eigenvalue weighted by Gasteiger charge is 2.20. The van der Waals surface area contributed by atoms with Crippen LogP contribution in [-0.4, -0.2) is 34.6 Å². The molecule has 124 valence electrons. The zero-order chi connectivity index (χ0) is 16.8. The third-order valence-corrected chi connectivity index (χ3v) is 4.44. The molecule has 1 amide bonds. The summed E-state index contributed by atoms with van der Waals surface area (Å²) < 4.78 is 31.2. The maximum absolute atomic E-state index is 12.0. The molecule has 0 aromatic heterocycles. The number of methoxy groups -OCH3 is 1. The second-order valence-corrected chi connectivity index (χ2v) is 7.73. The van der Waals surface area contributed by atoms with Crippen LogP contribution in [0.2, 0.25) is 0 Å². The molecule has 0 saturated heterocycles. The van der Waals surface area contributed by atoms with Crippen LogP contribution in [0.1, 0.15) is 26.3 Å². The Morgan fingerprint density at radius 3 is 2.27 bits per heavy atom. The maximum atomic E-state index is 12.0. The minimum absolute atomic E-state index is 0.0505. The van der Waals surface area contributed by atoms with Crippen molar-refractivity contribution in [1.29, 1.82) is 0 Å². The molecule has 0 spiro atoms. The quantitative estimate of drug-likeness (QED) is 0.738. The lowest BCUT2D eigenvalue weighted by molar-refractivity contribution is -0.128. The largest absolute Gasteiger partial charge is 0.383 e. The van der Waals surface area contributed by atoms with Crippen LogP contribution < -0.4 is 10.0 Å². The van der Waals surface area contributed by atoms with Crippen LogP contribution in [0.25, 0.3) is 0 Å². The molecular formula is C15H24N2O4S. The molecule has 0 fully saturated rings. The molecule has 0 atom stereocenters. The molecule has 1 aromatic carbocycles. The van der Waals surface area contributed by atoms with Gasteiger partial charge in [0.15, 0.2) is 0 Å². The summed E-state index contributed by atoms with van der Waals surface area (Å²) in [4.78, 5) is 12.0. The topological polar surface area (TPSA) is 84.5 Å².